The van der Waals surface area contributed by atoms with Gasteiger partial charge in [0.1, 0.15) is 0 Å². The maximum Gasteiger partial charge on any atom is 0.265 e. The van der Waals surface area contributed by atoms with E-state index >= 15 is 0 Å². The Kier molecular flexibility index (Phi) is 5.27. The normalized spacial score (nSPS) is 10.4. The van der Waals surface area contributed by atoms with Crippen LogP contribution in [-0.4, -0.2) is 5.91 Å². The second kappa shape index (κ2) is 6.98. The summed E-state index contributed by atoms with van der Waals surface area (Å²) in [6, 6.07) is 11.4. The molecule has 5 N–H and O–H groups in total. The van der Waals surface area contributed by atoms with Crippen molar-refractivity contribution in [3.63, 3.8) is 0 Å². The fraction of sp³-hybridized carbons (Fsp3) is 0.133. The van der Waals surface area contributed by atoms with Crippen molar-refractivity contribution in [1.82, 2.24) is 5.43 Å². The number of hydrogen-bond acceptors (Lipinski definition) is 4. The maximum atomic E-state index is 11.5. The lowest BCUT2D eigenvalue weighted by atomic mass is 10.1. The Bertz CT molecular complexity index is 676. The summed E-state index contributed by atoms with van der Waals surface area (Å²) in [6.07, 6.45) is 0. The fourth-order valence-corrected chi connectivity index (χ4v) is 3.61. The zero-order valence-electron chi connectivity index (χ0n) is 11.5. The topological polar surface area (TPSA) is 81.1 Å². The number of hydrogen-bond donors (Lipinski definition) is 3. The summed E-state index contributed by atoms with van der Waals surface area (Å²) in [6.45, 7) is 2.02. The quantitative estimate of drug-likeness (QED) is 0.255. The molecule has 0 saturated carbocycles. The van der Waals surface area contributed by atoms with Crippen molar-refractivity contribution in [2.75, 3.05) is 5.73 Å². The van der Waals surface area contributed by atoms with E-state index in [1.807, 2.05) is 25.1 Å². The lowest BCUT2D eigenvalue weighted by Crippen LogP contribution is -2.29. The van der Waals surface area contributed by atoms with Gasteiger partial charge in [0.05, 0.1) is 0 Å². The summed E-state index contributed by atoms with van der Waals surface area (Å²) < 4.78 is 0.887. The monoisotopic (exact) mass is 365 g/mol. The van der Waals surface area contributed by atoms with Crippen molar-refractivity contribution < 1.29 is 4.79 Å². The number of hydrazine groups is 1. The molecule has 110 valence electrons. The molecule has 2 rings (SSSR count). The minimum Gasteiger partial charge on any atom is -0.398 e. The lowest BCUT2D eigenvalue weighted by molar-refractivity contribution is 0.0953. The Morgan fingerprint density at radius 3 is 2.76 bits per heavy atom. The molecule has 0 radical (unpaired) electrons. The number of amides is 1. The Morgan fingerprint density at radius 2 is 2.10 bits per heavy atom. The van der Waals surface area contributed by atoms with Crippen molar-refractivity contribution in [3.8, 4) is 0 Å². The van der Waals surface area contributed by atoms with E-state index in [0.717, 1.165) is 31.9 Å². The van der Waals surface area contributed by atoms with Crippen LogP contribution in [0.15, 0.2) is 45.8 Å². The van der Waals surface area contributed by atoms with Crippen LogP contribution < -0.4 is 17.0 Å². The summed E-state index contributed by atoms with van der Waals surface area (Å²) in [5, 5.41) is 0. The van der Waals surface area contributed by atoms with E-state index in [2.05, 4.69) is 27.4 Å². The van der Waals surface area contributed by atoms with Gasteiger partial charge < -0.3 is 5.73 Å². The maximum absolute atomic E-state index is 11.5. The molecule has 0 aromatic heterocycles. The van der Waals surface area contributed by atoms with Crippen molar-refractivity contribution in [2.45, 2.75) is 17.6 Å². The average molecular weight is 366 g/mol. The van der Waals surface area contributed by atoms with Crippen LogP contribution in [0.5, 0.6) is 0 Å². The van der Waals surface area contributed by atoms with Gasteiger partial charge in [-0.2, -0.15) is 0 Å². The van der Waals surface area contributed by atoms with Crippen LogP contribution in [0.3, 0.4) is 0 Å². The number of halogens is 1. The second-order valence-electron chi connectivity index (χ2n) is 4.54. The number of nitrogens with two attached hydrogens (primary N) is 2. The van der Waals surface area contributed by atoms with E-state index in [-0.39, 0.29) is 5.91 Å². The highest BCUT2D eigenvalue weighted by Crippen LogP contribution is 2.31. The van der Waals surface area contributed by atoms with E-state index in [9.17, 15) is 4.79 Å². The molecule has 0 atom stereocenters. The molecule has 2 aromatic rings. The standard InChI is InChI=1S/C15H16BrN3OS/c1-9-13(17)3-2-4-14(9)21-8-11-6-5-10(7-12(11)16)15(20)19-18/h2-7H,8,17-18H2,1H3,(H,19,20). The van der Waals surface area contributed by atoms with Crippen LogP contribution in [0.4, 0.5) is 5.69 Å². The third-order valence-corrected chi connectivity index (χ3v) is 5.10. The minimum absolute atomic E-state index is 0.304. The third-order valence-electron chi connectivity index (χ3n) is 3.16. The Hall–Kier alpha value is -1.50. The first-order valence-corrected chi connectivity index (χ1v) is 8.08. The van der Waals surface area contributed by atoms with Gasteiger partial charge in [-0.05, 0) is 42.3 Å². The molecule has 0 aliphatic rings. The van der Waals surface area contributed by atoms with Gasteiger partial charge in [0.2, 0.25) is 0 Å². The second-order valence-corrected chi connectivity index (χ2v) is 6.41. The van der Waals surface area contributed by atoms with Crippen molar-refractivity contribution in [2.24, 2.45) is 5.84 Å². The molecule has 21 heavy (non-hydrogen) atoms. The summed E-state index contributed by atoms with van der Waals surface area (Å²) in [4.78, 5) is 12.6. The predicted octanol–water partition coefficient (Wildman–Crippen LogP) is 3.24. The van der Waals surface area contributed by atoms with E-state index in [0.29, 0.717) is 5.56 Å². The third kappa shape index (κ3) is 3.78. The van der Waals surface area contributed by atoms with E-state index < -0.39 is 0 Å². The highest BCUT2D eigenvalue weighted by atomic mass is 79.9. The van der Waals surface area contributed by atoms with Crippen LogP contribution in [0.1, 0.15) is 21.5 Å². The molecule has 0 aliphatic heterocycles. The van der Waals surface area contributed by atoms with Crippen molar-refractivity contribution in [1.29, 1.82) is 0 Å². The highest BCUT2D eigenvalue weighted by Gasteiger charge is 2.08. The molecule has 0 unspecified atom stereocenters. The first-order chi connectivity index (χ1) is 10.0. The van der Waals surface area contributed by atoms with Gasteiger partial charge in [0, 0.05) is 26.4 Å². The van der Waals surface area contributed by atoms with E-state index in [1.165, 1.54) is 0 Å². The zero-order valence-corrected chi connectivity index (χ0v) is 13.9. The number of thioether (sulfide) groups is 1. The first-order valence-electron chi connectivity index (χ1n) is 6.30. The number of benzene rings is 2. The Morgan fingerprint density at radius 1 is 1.33 bits per heavy atom. The summed E-state index contributed by atoms with van der Waals surface area (Å²) in [7, 11) is 0. The van der Waals surface area contributed by atoms with Crippen molar-refractivity contribution in [3.05, 3.63) is 57.6 Å². The summed E-state index contributed by atoms with van der Waals surface area (Å²) in [5.41, 5.74) is 11.6. The molecule has 0 saturated heterocycles. The zero-order chi connectivity index (χ0) is 15.4. The van der Waals surface area contributed by atoms with Gasteiger partial charge in [0.25, 0.3) is 5.91 Å². The molecule has 4 nitrogen and oxygen atoms in total. The Balaban J connectivity index is 2.13. The van der Waals surface area contributed by atoms with Gasteiger partial charge in [-0.25, -0.2) is 5.84 Å². The van der Waals surface area contributed by atoms with Crippen LogP contribution in [0, 0.1) is 6.92 Å². The number of carbonyl (C=O) groups is 1. The summed E-state index contributed by atoms with van der Waals surface area (Å²) in [5.74, 6) is 5.61. The number of carbonyl (C=O) groups excluding carboxylic acids is 1. The fourth-order valence-electron chi connectivity index (χ4n) is 1.83. The molecule has 0 spiro atoms. The highest BCUT2D eigenvalue weighted by molar-refractivity contribution is 9.10. The van der Waals surface area contributed by atoms with Gasteiger partial charge in [-0.3, -0.25) is 10.2 Å². The molecule has 0 heterocycles. The van der Waals surface area contributed by atoms with E-state index in [1.54, 1.807) is 23.9 Å². The molecular formula is C15H16BrN3OS. The first kappa shape index (κ1) is 15.9. The molecule has 0 fully saturated rings. The number of nitrogens with one attached hydrogen (secondary N) is 1. The largest absolute Gasteiger partial charge is 0.398 e. The number of nitrogen functional groups attached to an aromatic ring is 2. The number of anilines is 1. The van der Waals surface area contributed by atoms with E-state index in [4.69, 9.17) is 11.6 Å². The van der Waals surface area contributed by atoms with Gasteiger partial charge in [0.15, 0.2) is 0 Å². The SMILES string of the molecule is Cc1c(N)cccc1SCc1ccc(C(=O)NN)cc1Br. The smallest absolute Gasteiger partial charge is 0.265 e. The molecule has 2 aromatic carbocycles. The van der Waals surface area contributed by atoms with Crippen LogP contribution >= 0.6 is 27.7 Å². The summed E-state index contributed by atoms with van der Waals surface area (Å²) >= 11 is 5.21. The van der Waals surface area contributed by atoms with Crippen LogP contribution in [0.25, 0.3) is 0 Å². The average Bonchev–Trinajstić information content (AvgIpc) is 2.49. The molecule has 6 heteroatoms. The molecule has 0 bridgehead atoms. The number of rotatable bonds is 4. The molecule has 1 amide bonds. The van der Waals surface area contributed by atoms with Gasteiger partial charge in [-0.1, -0.05) is 28.1 Å². The van der Waals surface area contributed by atoms with Crippen LogP contribution in [0.2, 0.25) is 0 Å². The van der Waals surface area contributed by atoms with Gasteiger partial charge >= 0.3 is 0 Å². The lowest BCUT2D eigenvalue weighted by Gasteiger charge is -2.10. The van der Waals surface area contributed by atoms with Crippen molar-refractivity contribution >= 4 is 39.3 Å². The minimum atomic E-state index is -0.304. The predicted molar refractivity (Wildman–Crippen MR) is 90.9 cm³/mol. The molecular weight excluding hydrogens is 350 g/mol. The molecule has 0 aliphatic carbocycles. The van der Waals surface area contributed by atoms with Crippen LogP contribution in [-0.2, 0) is 5.75 Å². The van der Waals surface area contributed by atoms with Gasteiger partial charge in [-0.15, -0.1) is 11.8 Å². The Labute approximate surface area is 136 Å².